The van der Waals surface area contributed by atoms with Crippen LogP contribution in [0.25, 0.3) is 0 Å². The van der Waals surface area contributed by atoms with Crippen LogP contribution in [-0.4, -0.2) is 63.0 Å². The lowest BCUT2D eigenvalue weighted by atomic mass is 9.68. The molecule has 0 radical (unpaired) electrons. The highest BCUT2D eigenvalue weighted by Crippen LogP contribution is 2.42. The van der Waals surface area contributed by atoms with Crippen LogP contribution < -0.4 is 25.9 Å². The standard InChI is InChI=1S/C28H47N5O3/c1-9-23(26(34)33(17-20(2)3)27(4,5)19-31-30-6)32-22-12-14-28(18-29,15-13-22)21-10-11-24(35-7)25(16-21)36-8/h9-11,16,19-20,22,30,32H,12-15,17-18,29H2,1-8H3/b23-9+,31-19-. The summed E-state index contributed by atoms with van der Waals surface area (Å²) in [6.07, 6.45) is 7.38. The lowest BCUT2D eigenvalue weighted by Crippen LogP contribution is -2.53. The molecule has 0 spiro atoms. The summed E-state index contributed by atoms with van der Waals surface area (Å²) in [5.41, 5.74) is 10.3. The topological polar surface area (TPSA) is 101 Å². The maximum Gasteiger partial charge on any atom is 0.270 e. The molecule has 0 unspecified atom stereocenters. The van der Waals surface area contributed by atoms with Gasteiger partial charge in [0.15, 0.2) is 11.5 Å². The number of hydrogen-bond acceptors (Lipinski definition) is 7. The summed E-state index contributed by atoms with van der Waals surface area (Å²) >= 11 is 0. The van der Waals surface area contributed by atoms with Crippen molar-refractivity contribution >= 4 is 12.1 Å². The van der Waals surface area contributed by atoms with Gasteiger partial charge in [-0.05, 0) is 70.1 Å². The smallest absolute Gasteiger partial charge is 0.270 e. The predicted octanol–water partition coefficient (Wildman–Crippen LogP) is 3.80. The number of rotatable bonds is 12. The molecular weight excluding hydrogens is 454 g/mol. The van der Waals surface area contributed by atoms with Gasteiger partial charge in [0.05, 0.1) is 25.5 Å². The molecule has 36 heavy (non-hydrogen) atoms. The number of nitrogens with two attached hydrogens (primary N) is 1. The maximum atomic E-state index is 13.7. The number of amides is 1. The third kappa shape index (κ3) is 6.93. The number of carbonyl (C=O) groups is 1. The number of ether oxygens (including phenoxy) is 2. The van der Waals surface area contributed by atoms with Crippen molar-refractivity contribution in [3.05, 3.63) is 35.5 Å². The lowest BCUT2D eigenvalue weighted by molar-refractivity contribution is -0.131. The van der Waals surface area contributed by atoms with Gasteiger partial charge in [-0.3, -0.25) is 4.79 Å². The molecule has 1 saturated carbocycles. The van der Waals surface area contributed by atoms with Crippen LogP contribution in [0, 0.1) is 5.92 Å². The Morgan fingerprint density at radius 2 is 1.89 bits per heavy atom. The Labute approximate surface area is 217 Å². The normalized spacial score (nSPS) is 20.9. The van der Waals surface area contributed by atoms with Crippen molar-refractivity contribution in [1.29, 1.82) is 0 Å². The molecule has 202 valence electrons. The summed E-state index contributed by atoms with van der Waals surface area (Å²) < 4.78 is 10.9. The monoisotopic (exact) mass is 501 g/mol. The zero-order chi connectivity index (χ0) is 26.9. The first kappa shape index (κ1) is 29.5. The Bertz CT molecular complexity index is 918. The highest BCUT2D eigenvalue weighted by atomic mass is 16.5. The van der Waals surface area contributed by atoms with Crippen LogP contribution in [0.4, 0.5) is 0 Å². The molecule has 1 aliphatic rings. The van der Waals surface area contributed by atoms with Gasteiger partial charge in [-0.1, -0.05) is 26.0 Å². The van der Waals surface area contributed by atoms with Gasteiger partial charge < -0.3 is 30.8 Å². The average Bonchev–Trinajstić information content (AvgIpc) is 2.88. The zero-order valence-corrected chi connectivity index (χ0v) is 23.5. The Hall–Kier alpha value is -2.74. The quantitative estimate of drug-likeness (QED) is 0.229. The van der Waals surface area contributed by atoms with Crippen molar-refractivity contribution in [2.24, 2.45) is 16.8 Å². The van der Waals surface area contributed by atoms with Crippen molar-refractivity contribution in [3.63, 3.8) is 0 Å². The van der Waals surface area contributed by atoms with E-state index in [1.165, 1.54) is 5.56 Å². The van der Waals surface area contributed by atoms with Gasteiger partial charge >= 0.3 is 0 Å². The van der Waals surface area contributed by atoms with Gasteiger partial charge in [0, 0.05) is 37.8 Å². The van der Waals surface area contributed by atoms with Crippen LogP contribution >= 0.6 is 0 Å². The van der Waals surface area contributed by atoms with E-state index < -0.39 is 5.54 Å². The van der Waals surface area contributed by atoms with E-state index in [1.807, 2.05) is 37.8 Å². The summed E-state index contributed by atoms with van der Waals surface area (Å²) in [7, 11) is 5.05. The third-order valence-corrected chi connectivity index (χ3v) is 7.21. The fourth-order valence-electron chi connectivity index (χ4n) is 4.96. The van der Waals surface area contributed by atoms with Gasteiger partial charge in [-0.15, -0.1) is 0 Å². The molecule has 1 amide bonds. The Kier molecular flexibility index (Phi) is 10.6. The van der Waals surface area contributed by atoms with Gasteiger partial charge in [-0.25, -0.2) is 0 Å². The van der Waals surface area contributed by atoms with Crippen LogP contribution in [0.15, 0.2) is 35.1 Å². The van der Waals surface area contributed by atoms with Crippen molar-refractivity contribution in [2.45, 2.75) is 77.3 Å². The molecule has 1 fully saturated rings. The molecule has 0 aromatic heterocycles. The molecule has 1 aromatic rings. The summed E-state index contributed by atoms with van der Waals surface area (Å²) in [5, 5.41) is 7.76. The Morgan fingerprint density at radius 3 is 2.39 bits per heavy atom. The molecule has 0 bridgehead atoms. The second-order valence-corrected chi connectivity index (χ2v) is 10.6. The molecule has 1 aromatic carbocycles. The largest absolute Gasteiger partial charge is 0.493 e. The van der Waals surface area contributed by atoms with E-state index in [0.717, 1.165) is 31.4 Å². The number of nitrogens with zero attached hydrogens (tertiary/aromatic N) is 2. The predicted molar refractivity (Wildman–Crippen MR) is 148 cm³/mol. The van der Waals surface area contributed by atoms with Crippen LogP contribution in [0.5, 0.6) is 11.5 Å². The maximum absolute atomic E-state index is 13.7. The number of hydrazone groups is 1. The van der Waals surface area contributed by atoms with Crippen LogP contribution in [-0.2, 0) is 10.2 Å². The molecular formula is C28H47N5O3. The first-order valence-corrected chi connectivity index (χ1v) is 13.0. The first-order chi connectivity index (χ1) is 17.1. The van der Waals surface area contributed by atoms with Crippen LogP contribution in [0.2, 0.25) is 0 Å². The minimum absolute atomic E-state index is 0.00527. The van der Waals surface area contributed by atoms with Crippen molar-refractivity contribution in [3.8, 4) is 11.5 Å². The summed E-state index contributed by atoms with van der Waals surface area (Å²) in [4.78, 5) is 15.6. The number of methoxy groups -OCH3 is 2. The minimum atomic E-state index is -0.533. The van der Waals surface area contributed by atoms with E-state index in [4.69, 9.17) is 15.2 Å². The Morgan fingerprint density at radius 1 is 1.25 bits per heavy atom. The van der Waals surface area contributed by atoms with E-state index in [0.29, 0.717) is 30.5 Å². The van der Waals surface area contributed by atoms with Crippen molar-refractivity contribution < 1.29 is 14.3 Å². The fraction of sp³-hybridized carbons (Fsp3) is 0.643. The molecule has 1 aliphatic carbocycles. The molecule has 2 rings (SSSR count). The number of allylic oxidation sites excluding steroid dienone is 1. The third-order valence-electron chi connectivity index (χ3n) is 7.21. The number of carbonyl (C=O) groups excluding carboxylic acids is 1. The van der Waals surface area contributed by atoms with E-state index in [2.05, 4.69) is 41.8 Å². The fourth-order valence-corrected chi connectivity index (χ4v) is 4.96. The van der Waals surface area contributed by atoms with Gasteiger partial charge in [-0.2, -0.15) is 5.10 Å². The summed E-state index contributed by atoms with van der Waals surface area (Å²) in [6.45, 7) is 11.4. The van der Waals surface area contributed by atoms with E-state index in [-0.39, 0.29) is 17.4 Å². The van der Waals surface area contributed by atoms with Crippen LogP contribution in [0.1, 0.15) is 65.9 Å². The highest BCUT2D eigenvalue weighted by Gasteiger charge is 2.38. The van der Waals surface area contributed by atoms with Gasteiger partial charge in [0.1, 0.15) is 0 Å². The molecule has 0 atom stereocenters. The Balaban J connectivity index is 2.17. The van der Waals surface area contributed by atoms with E-state index in [1.54, 1.807) is 27.5 Å². The second kappa shape index (κ2) is 13.0. The first-order valence-electron chi connectivity index (χ1n) is 13.0. The number of nitrogens with one attached hydrogen (secondary N) is 2. The number of hydrogen-bond donors (Lipinski definition) is 3. The number of benzene rings is 1. The average molecular weight is 502 g/mol. The molecule has 0 heterocycles. The second-order valence-electron chi connectivity index (χ2n) is 10.6. The van der Waals surface area contributed by atoms with E-state index >= 15 is 0 Å². The van der Waals surface area contributed by atoms with Gasteiger partial charge in [0.25, 0.3) is 5.91 Å². The molecule has 0 saturated heterocycles. The molecule has 4 N–H and O–H groups in total. The summed E-state index contributed by atoms with van der Waals surface area (Å²) in [5.74, 6) is 1.76. The van der Waals surface area contributed by atoms with Crippen molar-refractivity contribution in [1.82, 2.24) is 15.6 Å². The zero-order valence-electron chi connectivity index (χ0n) is 23.5. The van der Waals surface area contributed by atoms with Crippen LogP contribution in [0.3, 0.4) is 0 Å². The lowest BCUT2D eigenvalue weighted by Gasteiger charge is -2.42. The molecule has 0 aliphatic heterocycles. The minimum Gasteiger partial charge on any atom is -0.493 e. The molecule has 8 heteroatoms. The SMILES string of the molecule is C/C=C(/NC1CCC(CN)(c2ccc(OC)c(OC)c2)CC1)C(=O)N(CC(C)C)C(C)(C)/C=N\NC. The molecule has 8 nitrogen and oxygen atoms in total. The highest BCUT2D eigenvalue weighted by molar-refractivity contribution is 5.95. The van der Waals surface area contributed by atoms with Gasteiger partial charge in [0.2, 0.25) is 0 Å². The van der Waals surface area contributed by atoms with E-state index in [9.17, 15) is 4.79 Å². The van der Waals surface area contributed by atoms with Crippen molar-refractivity contribution in [2.75, 3.05) is 34.4 Å². The summed E-state index contributed by atoms with van der Waals surface area (Å²) in [6, 6.07) is 6.31.